The Labute approximate surface area is 99.2 Å². The van der Waals surface area contributed by atoms with Crippen molar-refractivity contribution in [3.05, 3.63) is 0 Å². The Kier molecular flexibility index (Phi) is 8.83. The van der Waals surface area contributed by atoms with Gasteiger partial charge in [-0.25, -0.2) is 12.7 Å². The van der Waals surface area contributed by atoms with Crippen LogP contribution in [0.1, 0.15) is 19.8 Å². The molecule has 0 fully saturated rings. The SMILES string of the molecule is CCCNCCCS(=O)(=O)N(C)CCOC. The number of sulfonamides is 1. The van der Waals surface area contributed by atoms with Crippen LogP contribution in [0.4, 0.5) is 0 Å². The first kappa shape index (κ1) is 15.8. The molecule has 6 heteroatoms. The lowest BCUT2D eigenvalue weighted by molar-refractivity contribution is 0.185. The van der Waals surface area contributed by atoms with Crippen LogP contribution in [0.2, 0.25) is 0 Å². The summed E-state index contributed by atoms with van der Waals surface area (Å²) >= 11 is 0. The van der Waals surface area contributed by atoms with Crippen LogP contribution in [0.3, 0.4) is 0 Å². The first-order valence-electron chi connectivity index (χ1n) is 5.68. The van der Waals surface area contributed by atoms with Gasteiger partial charge in [-0.05, 0) is 25.9 Å². The van der Waals surface area contributed by atoms with Gasteiger partial charge in [0, 0.05) is 20.7 Å². The normalized spacial score (nSPS) is 12.2. The number of methoxy groups -OCH3 is 1. The molecule has 0 aliphatic carbocycles. The van der Waals surface area contributed by atoms with E-state index in [1.807, 2.05) is 0 Å². The number of hydrogen-bond donors (Lipinski definition) is 1. The summed E-state index contributed by atoms with van der Waals surface area (Å²) in [6, 6.07) is 0. The molecule has 0 aliphatic rings. The average molecular weight is 252 g/mol. The van der Waals surface area contributed by atoms with Gasteiger partial charge in [-0.1, -0.05) is 6.92 Å². The topological polar surface area (TPSA) is 58.6 Å². The van der Waals surface area contributed by atoms with Crippen molar-refractivity contribution in [3.63, 3.8) is 0 Å². The van der Waals surface area contributed by atoms with Crippen molar-refractivity contribution in [1.29, 1.82) is 0 Å². The molecule has 0 rings (SSSR count). The minimum atomic E-state index is -3.11. The van der Waals surface area contributed by atoms with Gasteiger partial charge in [0.1, 0.15) is 0 Å². The molecule has 0 bridgehead atoms. The van der Waals surface area contributed by atoms with Gasteiger partial charge < -0.3 is 10.1 Å². The molecular weight excluding hydrogens is 228 g/mol. The molecule has 0 aromatic heterocycles. The fraction of sp³-hybridized carbons (Fsp3) is 1.00. The third kappa shape index (κ3) is 7.16. The van der Waals surface area contributed by atoms with E-state index in [1.54, 1.807) is 14.2 Å². The fourth-order valence-corrected chi connectivity index (χ4v) is 2.37. The molecule has 0 aromatic rings. The van der Waals surface area contributed by atoms with Crippen LogP contribution in [0, 0.1) is 0 Å². The molecule has 0 aromatic carbocycles. The summed E-state index contributed by atoms with van der Waals surface area (Å²) in [6.07, 6.45) is 1.72. The Hall–Kier alpha value is -0.170. The molecule has 0 spiro atoms. The zero-order chi connectivity index (χ0) is 12.4. The molecule has 0 heterocycles. The molecule has 0 amide bonds. The molecule has 0 atom stereocenters. The zero-order valence-electron chi connectivity index (χ0n) is 10.5. The van der Waals surface area contributed by atoms with E-state index in [-0.39, 0.29) is 5.75 Å². The number of hydrogen-bond acceptors (Lipinski definition) is 4. The lowest BCUT2D eigenvalue weighted by Crippen LogP contribution is -2.33. The average Bonchev–Trinajstić information content (AvgIpc) is 2.25. The molecular formula is C10H24N2O3S. The number of rotatable bonds is 10. The van der Waals surface area contributed by atoms with Crippen molar-refractivity contribution >= 4 is 10.0 Å². The molecule has 98 valence electrons. The molecule has 0 saturated heterocycles. The summed E-state index contributed by atoms with van der Waals surface area (Å²) in [5.41, 5.74) is 0. The predicted molar refractivity (Wildman–Crippen MR) is 66.1 cm³/mol. The van der Waals surface area contributed by atoms with Gasteiger partial charge in [0.05, 0.1) is 12.4 Å². The highest BCUT2D eigenvalue weighted by atomic mass is 32.2. The van der Waals surface area contributed by atoms with Crippen molar-refractivity contribution in [3.8, 4) is 0 Å². The van der Waals surface area contributed by atoms with Gasteiger partial charge in [0.15, 0.2) is 0 Å². The maximum Gasteiger partial charge on any atom is 0.213 e. The Balaban J connectivity index is 3.77. The van der Waals surface area contributed by atoms with Crippen molar-refractivity contribution in [2.24, 2.45) is 0 Å². The van der Waals surface area contributed by atoms with E-state index < -0.39 is 10.0 Å². The van der Waals surface area contributed by atoms with Crippen molar-refractivity contribution in [1.82, 2.24) is 9.62 Å². The van der Waals surface area contributed by atoms with E-state index in [9.17, 15) is 8.42 Å². The Morgan fingerprint density at radius 2 is 2.00 bits per heavy atom. The van der Waals surface area contributed by atoms with E-state index in [1.165, 1.54) is 4.31 Å². The van der Waals surface area contributed by atoms with Crippen LogP contribution in [-0.2, 0) is 14.8 Å². The van der Waals surface area contributed by atoms with Crippen LogP contribution < -0.4 is 5.32 Å². The Morgan fingerprint density at radius 1 is 1.31 bits per heavy atom. The number of nitrogens with one attached hydrogen (secondary N) is 1. The number of ether oxygens (including phenoxy) is 1. The quantitative estimate of drug-likeness (QED) is 0.568. The molecule has 16 heavy (non-hydrogen) atoms. The summed E-state index contributed by atoms with van der Waals surface area (Å²) in [4.78, 5) is 0. The second-order valence-electron chi connectivity index (χ2n) is 3.73. The summed E-state index contributed by atoms with van der Waals surface area (Å²) in [7, 11) is 0.0493. The van der Waals surface area contributed by atoms with Crippen molar-refractivity contribution < 1.29 is 13.2 Å². The summed E-state index contributed by atoms with van der Waals surface area (Å²) in [5.74, 6) is 0.198. The maximum atomic E-state index is 11.7. The van der Waals surface area contributed by atoms with Gasteiger partial charge in [0.2, 0.25) is 10.0 Å². The summed E-state index contributed by atoms with van der Waals surface area (Å²) < 4.78 is 29.6. The zero-order valence-corrected chi connectivity index (χ0v) is 11.3. The smallest absolute Gasteiger partial charge is 0.213 e. The molecule has 0 unspecified atom stereocenters. The second-order valence-corrected chi connectivity index (χ2v) is 5.93. The van der Waals surface area contributed by atoms with Gasteiger partial charge in [-0.15, -0.1) is 0 Å². The molecule has 0 aliphatic heterocycles. The van der Waals surface area contributed by atoms with E-state index in [0.717, 1.165) is 19.5 Å². The largest absolute Gasteiger partial charge is 0.383 e. The van der Waals surface area contributed by atoms with Gasteiger partial charge in [0.25, 0.3) is 0 Å². The maximum absolute atomic E-state index is 11.7. The summed E-state index contributed by atoms with van der Waals surface area (Å²) in [6.45, 7) is 4.64. The molecule has 1 N–H and O–H groups in total. The highest BCUT2D eigenvalue weighted by molar-refractivity contribution is 7.89. The second kappa shape index (κ2) is 8.92. The van der Waals surface area contributed by atoms with Crippen LogP contribution in [0.25, 0.3) is 0 Å². The fourth-order valence-electron chi connectivity index (χ4n) is 1.20. The number of nitrogens with zero attached hydrogens (tertiary/aromatic N) is 1. The van der Waals surface area contributed by atoms with E-state index >= 15 is 0 Å². The van der Waals surface area contributed by atoms with Crippen LogP contribution >= 0.6 is 0 Å². The van der Waals surface area contributed by atoms with Crippen molar-refractivity contribution in [2.75, 3.05) is 46.2 Å². The highest BCUT2D eigenvalue weighted by Gasteiger charge is 2.16. The molecule has 5 nitrogen and oxygen atoms in total. The standard InChI is InChI=1S/C10H24N2O3S/c1-4-6-11-7-5-10-16(13,14)12(2)8-9-15-3/h11H,4-10H2,1-3H3. The Morgan fingerprint density at radius 3 is 2.56 bits per heavy atom. The summed E-state index contributed by atoms with van der Waals surface area (Å²) in [5, 5.41) is 3.18. The van der Waals surface area contributed by atoms with Crippen LogP contribution in [-0.4, -0.2) is 58.9 Å². The van der Waals surface area contributed by atoms with E-state index in [0.29, 0.717) is 19.6 Å². The highest BCUT2D eigenvalue weighted by Crippen LogP contribution is 1.99. The van der Waals surface area contributed by atoms with Crippen LogP contribution in [0.5, 0.6) is 0 Å². The number of likely N-dealkylation sites (N-methyl/N-ethyl adjacent to an activating group) is 1. The van der Waals surface area contributed by atoms with Gasteiger partial charge in [-0.2, -0.15) is 0 Å². The lowest BCUT2D eigenvalue weighted by Gasteiger charge is -2.16. The first-order valence-corrected chi connectivity index (χ1v) is 7.29. The van der Waals surface area contributed by atoms with E-state index in [2.05, 4.69) is 12.2 Å². The monoisotopic (exact) mass is 252 g/mol. The minimum absolute atomic E-state index is 0.198. The first-order chi connectivity index (χ1) is 7.54. The molecule has 0 radical (unpaired) electrons. The predicted octanol–water partition coefficient (Wildman–Crippen LogP) is 0.284. The van der Waals surface area contributed by atoms with E-state index in [4.69, 9.17) is 4.74 Å². The van der Waals surface area contributed by atoms with Gasteiger partial charge in [-0.3, -0.25) is 0 Å². The Bertz CT molecular complexity index is 255. The van der Waals surface area contributed by atoms with Crippen LogP contribution in [0.15, 0.2) is 0 Å². The minimum Gasteiger partial charge on any atom is -0.383 e. The lowest BCUT2D eigenvalue weighted by atomic mass is 10.4. The van der Waals surface area contributed by atoms with Crippen molar-refractivity contribution in [2.45, 2.75) is 19.8 Å². The third-order valence-corrected chi connectivity index (χ3v) is 4.20. The van der Waals surface area contributed by atoms with Gasteiger partial charge >= 0.3 is 0 Å². The third-order valence-electron chi connectivity index (χ3n) is 2.27. The molecule has 0 saturated carbocycles.